The summed E-state index contributed by atoms with van der Waals surface area (Å²) in [6.07, 6.45) is -2.03. The van der Waals surface area contributed by atoms with Crippen molar-refractivity contribution in [1.29, 1.82) is 5.26 Å². The molecule has 1 aromatic carbocycles. The first-order valence-electron chi connectivity index (χ1n) is 9.47. The first-order chi connectivity index (χ1) is 14.4. The number of carbonyl (C=O) groups is 3. The lowest BCUT2D eigenvalue weighted by Gasteiger charge is -2.43. The standard InChI is InChI=1S/C12H11ClFN3O2.C8H13NO3/c13-9-2-1-7(3-10(9)14)5-16-11-8(4-15)6-17(11)12(18)19;1-8(2,3)12-7(11)9-4-6(10)5-9/h1-3,8,11,16H,5-6H2,(H,18,19);4-5H2,1-3H3. The SMILES string of the molecule is CC(C)(C)OC(=O)N1CC(=O)C1.N#CC1CN(C(=O)O)C1NCc1ccc(Cl)c(F)c1. The normalized spacial score (nSPS) is 19.9. The molecule has 0 spiro atoms. The van der Waals surface area contributed by atoms with Crippen molar-refractivity contribution in [2.24, 2.45) is 5.92 Å². The number of hydrogen-bond acceptors (Lipinski definition) is 6. The number of nitriles is 1. The van der Waals surface area contributed by atoms with Gasteiger partial charge in [-0.15, -0.1) is 0 Å². The van der Waals surface area contributed by atoms with Crippen LogP contribution in [0.1, 0.15) is 26.3 Å². The van der Waals surface area contributed by atoms with Gasteiger partial charge in [-0.25, -0.2) is 14.0 Å². The number of Topliss-reactive ketones (excluding diaryl/α,β-unsaturated/α-hetero) is 1. The summed E-state index contributed by atoms with van der Waals surface area (Å²) in [6, 6.07) is 6.39. The third kappa shape index (κ3) is 6.80. The summed E-state index contributed by atoms with van der Waals surface area (Å²) >= 11 is 5.57. The Morgan fingerprint density at radius 1 is 1.39 bits per heavy atom. The second kappa shape index (κ2) is 9.94. The first-order valence-corrected chi connectivity index (χ1v) is 9.85. The summed E-state index contributed by atoms with van der Waals surface area (Å²) in [5, 5.41) is 20.7. The number of carboxylic acid groups (broad SMARTS) is 1. The van der Waals surface area contributed by atoms with Crippen LogP contribution in [0.15, 0.2) is 18.2 Å². The lowest BCUT2D eigenvalue weighted by molar-refractivity contribution is -0.128. The van der Waals surface area contributed by atoms with Crippen molar-refractivity contribution in [2.75, 3.05) is 19.6 Å². The highest BCUT2D eigenvalue weighted by atomic mass is 35.5. The molecule has 3 rings (SSSR count). The fourth-order valence-electron chi connectivity index (χ4n) is 2.77. The highest BCUT2D eigenvalue weighted by Crippen LogP contribution is 2.23. The van der Waals surface area contributed by atoms with Gasteiger partial charge >= 0.3 is 12.2 Å². The zero-order valence-electron chi connectivity index (χ0n) is 17.4. The van der Waals surface area contributed by atoms with Gasteiger partial charge in [0.2, 0.25) is 0 Å². The Kier molecular flexibility index (Phi) is 7.81. The monoisotopic (exact) mass is 454 g/mol. The molecule has 31 heavy (non-hydrogen) atoms. The van der Waals surface area contributed by atoms with Gasteiger partial charge in [0, 0.05) is 13.1 Å². The summed E-state index contributed by atoms with van der Waals surface area (Å²) in [5.41, 5.74) is 0.159. The van der Waals surface area contributed by atoms with Crippen LogP contribution < -0.4 is 5.32 Å². The molecule has 0 aliphatic carbocycles. The highest BCUT2D eigenvalue weighted by molar-refractivity contribution is 6.30. The number of hydrogen-bond donors (Lipinski definition) is 2. The Bertz CT molecular complexity index is 891. The van der Waals surface area contributed by atoms with Gasteiger partial charge in [0.15, 0.2) is 5.78 Å². The molecule has 2 saturated heterocycles. The molecule has 11 heteroatoms. The number of likely N-dealkylation sites (tertiary alicyclic amines) is 2. The minimum Gasteiger partial charge on any atom is -0.465 e. The van der Waals surface area contributed by atoms with Crippen LogP contribution >= 0.6 is 11.6 Å². The van der Waals surface area contributed by atoms with Gasteiger partial charge in [-0.1, -0.05) is 17.7 Å². The second-order valence-corrected chi connectivity index (χ2v) is 8.53. The predicted molar refractivity (Wildman–Crippen MR) is 109 cm³/mol. The summed E-state index contributed by atoms with van der Waals surface area (Å²) in [7, 11) is 0. The number of halogens is 2. The molecular weight excluding hydrogens is 431 g/mol. The Morgan fingerprint density at radius 2 is 2.03 bits per heavy atom. The molecule has 9 nitrogen and oxygen atoms in total. The van der Waals surface area contributed by atoms with Crippen LogP contribution in [0.5, 0.6) is 0 Å². The maximum atomic E-state index is 13.2. The number of benzene rings is 1. The second-order valence-electron chi connectivity index (χ2n) is 8.12. The van der Waals surface area contributed by atoms with E-state index in [1.807, 2.05) is 6.07 Å². The van der Waals surface area contributed by atoms with Crippen LogP contribution in [0.4, 0.5) is 14.0 Å². The first kappa shape index (κ1) is 24.4. The zero-order valence-corrected chi connectivity index (χ0v) is 18.1. The number of nitrogens with one attached hydrogen (secondary N) is 1. The molecule has 2 aliphatic rings. The highest BCUT2D eigenvalue weighted by Gasteiger charge is 2.42. The number of rotatable bonds is 3. The molecule has 2 heterocycles. The lowest BCUT2D eigenvalue weighted by Crippen LogP contribution is -2.64. The maximum absolute atomic E-state index is 13.2. The fourth-order valence-corrected chi connectivity index (χ4v) is 2.89. The van der Waals surface area contributed by atoms with Crippen LogP contribution in [-0.2, 0) is 16.1 Å². The topological polar surface area (TPSA) is 123 Å². The Morgan fingerprint density at radius 3 is 2.52 bits per heavy atom. The fraction of sp³-hybridized carbons (Fsp3) is 0.500. The van der Waals surface area contributed by atoms with Crippen LogP contribution in [0.2, 0.25) is 5.02 Å². The summed E-state index contributed by atoms with van der Waals surface area (Å²) in [4.78, 5) is 35.1. The van der Waals surface area contributed by atoms with E-state index in [4.69, 9.17) is 26.7 Å². The third-order valence-corrected chi connectivity index (χ3v) is 4.71. The summed E-state index contributed by atoms with van der Waals surface area (Å²) in [5.74, 6) is -0.824. The Balaban J connectivity index is 0.000000245. The van der Waals surface area contributed by atoms with Crippen LogP contribution in [0, 0.1) is 23.1 Å². The minimum absolute atomic E-state index is 0.0365. The predicted octanol–water partition coefficient (Wildman–Crippen LogP) is 2.83. The van der Waals surface area contributed by atoms with Crippen molar-refractivity contribution in [3.63, 3.8) is 0 Å². The number of amides is 2. The maximum Gasteiger partial charge on any atom is 0.411 e. The molecule has 2 N–H and O–H groups in total. The molecule has 0 aromatic heterocycles. The van der Waals surface area contributed by atoms with Crippen LogP contribution in [0.3, 0.4) is 0 Å². The molecule has 2 aliphatic heterocycles. The summed E-state index contributed by atoms with van der Waals surface area (Å²) < 4.78 is 18.3. The van der Waals surface area contributed by atoms with Crippen molar-refractivity contribution in [3.8, 4) is 6.07 Å². The molecular formula is C20H24ClFN4O5. The van der Waals surface area contributed by atoms with E-state index in [-0.39, 0.29) is 42.9 Å². The number of nitrogens with zero attached hydrogens (tertiary/aromatic N) is 3. The average Bonchev–Trinajstić information content (AvgIpc) is 2.60. The molecule has 2 unspecified atom stereocenters. The lowest BCUT2D eigenvalue weighted by atomic mass is 9.97. The van der Waals surface area contributed by atoms with E-state index in [1.54, 1.807) is 26.8 Å². The van der Waals surface area contributed by atoms with Crippen molar-refractivity contribution < 1.29 is 28.6 Å². The van der Waals surface area contributed by atoms with E-state index in [0.717, 1.165) is 4.90 Å². The van der Waals surface area contributed by atoms with E-state index in [2.05, 4.69) is 5.32 Å². The van der Waals surface area contributed by atoms with Crippen LogP contribution in [0.25, 0.3) is 0 Å². The summed E-state index contributed by atoms with van der Waals surface area (Å²) in [6.45, 7) is 6.26. The van der Waals surface area contributed by atoms with E-state index in [0.29, 0.717) is 5.56 Å². The zero-order chi connectivity index (χ0) is 23.3. The van der Waals surface area contributed by atoms with Gasteiger partial charge in [-0.2, -0.15) is 5.26 Å². The molecule has 2 atom stereocenters. The number of ketones is 1. The van der Waals surface area contributed by atoms with E-state index < -0.39 is 29.8 Å². The minimum atomic E-state index is -1.08. The van der Waals surface area contributed by atoms with Gasteiger partial charge in [-0.05, 0) is 38.5 Å². The van der Waals surface area contributed by atoms with E-state index >= 15 is 0 Å². The van der Waals surface area contributed by atoms with E-state index in [9.17, 15) is 18.8 Å². The van der Waals surface area contributed by atoms with Crippen molar-refractivity contribution in [2.45, 2.75) is 39.1 Å². The Labute approximate surface area is 184 Å². The van der Waals surface area contributed by atoms with E-state index in [1.165, 1.54) is 17.0 Å². The quantitative estimate of drug-likeness (QED) is 0.719. The largest absolute Gasteiger partial charge is 0.465 e. The third-order valence-electron chi connectivity index (χ3n) is 4.41. The van der Waals surface area contributed by atoms with Crippen molar-refractivity contribution in [1.82, 2.24) is 15.1 Å². The van der Waals surface area contributed by atoms with Gasteiger partial charge in [-0.3, -0.25) is 19.9 Å². The molecule has 0 saturated carbocycles. The number of ether oxygens (including phenoxy) is 1. The molecule has 2 amide bonds. The van der Waals surface area contributed by atoms with Gasteiger partial charge in [0.1, 0.15) is 17.6 Å². The molecule has 2 fully saturated rings. The Hall–Kier alpha value is -2.90. The molecule has 1 aromatic rings. The van der Waals surface area contributed by atoms with Gasteiger partial charge in [0.05, 0.1) is 30.1 Å². The molecule has 0 bridgehead atoms. The number of carbonyl (C=O) groups excluding carboxylic acids is 2. The molecule has 0 radical (unpaired) electrons. The van der Waals surface area contributed by atoms with Crippen LogP contribution in [-0.4, -0.2) is 64.3 Å². The van der Waals surface area contributed by atoms with Gasteiger partial charge in [0.25, 0.3) is 0 Å². The smallest absolute Gasteiger partial charge is 0.411 e. The average molecular weight is 455 g/mol. The van der Waals surface area contributed by atoms with Gasteiger partial charge < -0.3 is 9.84 Å². The molecule has 168 valence electrons. The van der Waals surface area contributed by atoms with Crippen molar-refractivity contribution >= 4 is 29.6 Å². The van der Waals surface area contributed by atoms with Crippen molar-refractivity contribution in [3.05, 3.63) is 34.6 Å².